The zero-order chi connectivity index (χ0) is 19.3. The van der Waals surface area contributed by atoms with E-state index in [0.29, 0.717) is 42.8 Å². The topological polar surface area (TPSA) is 49.9 Å². The number of anilines is 1. The molecule has 2 aromatic rings. The predicted octanol–water partition coefficient (Wildman–Crippen LogP) is 3.34. The van der Waals surface area contributed by atoms with Crippen molar-refractivity contribution in [1.82, 2.24) is 4.90 Å². The molecule has 0 aromatic heterocycles. The summed E-state index contributed by atoms with van der Waals surface area (Å²) in [4.78, 5) is 2.58. The fraction of sp³-hybridized carbons (Fsp3) is 0.429. The molecule has 2 aromatic carbocycles. The third-order valence-electron chi connectivity index (χ3n) is 4.90. The summed E-state index contributed by atoms with van der Waals surface area (Å²) in [7, 11) is -3.62. The first-order valence-corrected chi connectivity index (χ1v) is 10.9. The third-order valence-corrected chi connectivity index (χ3v) is 6.74. The predicted molar refractivity (Wildman–Crippen MR) is 109 cm³/mol. The van der Waals surface area contributed by atoms with Crippen LogP contribution in [0.1, 0.15) is 25.3 Å². The van der Waals surface area contributed by atoms with Gasteiger partial charge in [0.15, 0.2) is 0 Å². The van der Waals surface area contributed by atoms with Crippen molar-refractivity contribution in [2.24, 2.45) is 0 Å². The summed E-state index contributed by atoms with van der Waals surface area (Å²) in [5, 5.41) is 0. The fourth-order valence-corrected chi connectivity index (χ4v) is 4.65. The number of ether oxygens (including phenoxy) is 1. The zero-order valence-electron chi connectivity index (χ0n) is 16.0. The number of hydrogen-bond donors (Lipinski definition) is 0. The van der Waals surface area contributed by atoms with Gasteiger partial charge in [-0.15, -0.1) is 0 Å². The SMILES string of the molecule is CC(C)c1ccc(S(=O)(=O)N(CCN2CCOCC2)c2ccccc2)cc1. The standard InChI is InChI=1S/C21H28N2O3S/c1-18(2)19-8-10-21(11-9-19)27(24,25)23(20-6-4-3-5-7-20)13-12-22-14-16-26-17-15-22/h3-11,18H,12-17H2,1-2H3. The van der Waals surface area contributed by atoms with Crippen LogP contribution in [0.25, 0.3) is 0 Å². The van der Waals surface area contributed by atoms with Crippen LogP contribution >= 0.6 is 0 Å². The van der Waals surface area contributed by atoms with Crippen molar-refractivity contribution in [3.63, 3.8) is 0 Å². The molecule has 27 heavy (non-hydrogen) atoms. The first-order chi connectivity index (χ1) is 13.0. The minimum Gasteiger partial charge on any atom is -0.379 e. The van der Waals surface area contributed by atoms with E-state index >= 15 is 0 Å². The van der Waals surface area contributed by atoms with E-state index in [1.54, 1.807) is 12.1 Å². The summed E-state index contributed by atoms with van der Waals surface area (Å²) < 4.78 is 33.6. The molecular formula is C21H28N2O3S. The summed E-state index contributed by atoms with van der Waals surface area (Å²) in [6, 6.07) is 16.6. The molecule has 1 aliphatic heterocycles. The number of morpholine rings is 1. The van der Waals surface area contributed by atoms with Gasteiger partial charge in [0.25, 0.3) is 10.0 Å². The second-order valence-corrected chi connectivity index (χ2v) is 8.95. The van der Waals surface area contributed by atoms with Gasteiger partial charge in [0.05, 0.1) is 23.8 Å². The highest BCUT2D eigenvalue weighted by atomic mass is 32.2. The summed E-state index contributed by atoms with van der Waals surface area (Å²) >= 11 is 0. The third kappa shape index (κ3) is 4.89. The first-order valence-electron chi connectivity index (χ1n) is 9.46. The van der Waals surface area contributed by atoms with Crippen molar-refractivity contribution < 1.29 is 13.2 Å². The Bertz CT molecular complexity index is 814. The van der Waals surface area contributed by atoms with Crippen molar-refractivity contribution in [2.45, 2.75) is 24.7 Å². The minimum absolute atomic E-state index is 0.331. The van der Waals surface area contributed by atoms with Gasteiger partial charge in [-0.1, -0.05) is 44.2 Å². The lowest BCUT2D eigenvalue weighted by Gasteiger charge is -2.30. The van der Waals surface area contributed by atoms with Crippen LogP contribution in [0.3, 0.4) is 0 Å². The molecule has 6 heteroatoms. The van der Waals surface area contributed by atoms with Gasteiger partial charge in [0.2, 0.25) is 0 Å². The summed E-state index contributed by atoms with van der Waals surface area (Å²) in [6.45, 7) is 8.38. The maximum atomic E-state index is 13.4. The van der Waals surface area contributed by atoms with Gasteiger partial charge >= 0.3 is 0 Å². The van der Waals surface area contributed by atoms with E-state index in [1.165, 1.54) is 4.31 Å². The summed E-state index contributed by atoms with van der Waals surface area (Å²) in [6.07, 6.45) is 0. The lowest BCUT2D eigenvalue weighted by Crippen LogP contribution is -2.43. The Morgan fingerprint density at radius 3 is 2.22 bits per heavy atom. The van der Waals surface area contributed by atoms with Crippen LogP contribution in [0, 0.1) is 0 Å². The molecule has 1 heterocycles. The van der Waals surface area contributed by atoms with Gasteiger partial charge in [-0.2, -0.15) is 0 Å². The number of para-hydroxylation sites is 1. The van der Waals surface area contributed by atoms with Crippen LogP contribution in [0.15, 0.2) is 59.5 Å². The maximum absolute atomic E-state index is 13.4. The van der Waals surface area contributed by atoms with Crippen LogP contribution < -0.4 is 4.31 Å². The second-order valence-electron chi connectivity index (χ2n) is 7.09. The average Bonchev–Trinajstić information content (AvgIpc) is 2.69. The Morgan fingerprint density at radius 2 is 1.63 bits per heavy atom. The number of nitrogens with zero attached hydrogens (tertiary/aromatic N) is 2. The lowest BCUT2D eigenvalue weighted by molar-refractivity contribution is 0.0395. The summed E-state index contributed by atoms with van der Waals surface area (Å²) in [5.41, 5.74) is 1.83. The van der Waals surface area contributed by atoms with Gasteiger partial charge < -0.3 is 4.74 Å². The second kappa shape index (κ2) is 8.87. The number of rotatable bonds is 7. The normalized spacial score (nSPS) is 15.8. The van der Waals surface area contributed by atoms with Crippen molar-refractivity contribution >= 4 is 15.7 Å². The number of sulfonamides is 1. The Labute approximate surface area is 162 Å². The van der Waals surface area contributed by atoms with E-state index in [0.717, 1.165) is 18.7 Å². The van der Waals surface area contributed by atoms with Crippen LogP contribution in [0.4, 0.5) is 5.69 Å². The van der Waals surface area contributed by atoms with Gasteiger partial charge in [-0.25, -0.2) is 8.42 Å². The molecule has 5 nitrogen and oxygen atoms in total. The number of benzene rings is 2. The van der Waals surface area contributed by atoms with Crippen molar-refractivity contribution in [2.75, 3.05) is 43.7 Å². The zero-order valence-corrected chi connectivity index (χ0v) is 16.9. The Balaban J connectivity index is 1.86. The molecule has 146 valence electrons. The Morgan fingerprint density at radius 1 is 1.00 bits per heavy atom. The van der Waals surface area contributed by atoms with Crippen LogP contribution in [-0.2, 0) is 14.8 Å². The highest BCUT2D eigenvalue weighted by Gasteiger charge is 2.25. The van der Waals surface area contributed by atoms with Crippen LogP contribution in [0.5, 0.6) is 0 Å². The quantitative estimate of drug-likeness (QED) is 0.730. The molecule has 0 bridgehead atoms. The largest absolute Gasteiger partial charge is 0.379 e. The first kappa shape index (κ1) is 19.9. The van der Waals surface area contributed by atoms with E-state index in [1.807, 2.05) is 42.5 Å². The smallest absolute Gasteiger partial charge is 0.264 e. The van der Waals surface area contributed by atoms with E-state index in [-0.39, 0.29) is 0 Å². The molecule has 1 saturated heterocycles. The molecule has 0 unspecified atom stereocenters. The van der Waals surface area contributed by atoms with Gasteiger partial charge in [-0.3, -0.25) is 9.21 Å². The Kier molecular flexibility index (Phi) is 6.52. The molecule has 0 radical (unpaired) electrons. The van der Waals surface area contributed by atoms with Crippen molar-refractivity contribution in [1.29, 1.82) is 0 Å². The lowest BCUT2D eigenvalue weighted by atomic mass is 10.0. The van der Waals surface area contributed by atoms with Gasteiger partial charge in [0.1, 0.15) is 0 Å². The molecule has 1 fully saturated rings. The fourth-order valence-electron chi connectivity index (χ4n) is 3.19. The van der Waals surface area contributed by atoms with Crippen LogP contribution in [-0.4, -0.2) is 52.7 Å². The molecule has 0 saturated carbocycles. The molecule has 0 spiro atoms. The van der Waals surface area contributed by atoms with Crippen molar-refractivity contribution in [3.8, 4) is 0 Å². The summed E-state index contributed by atoms with van der Waals surface area (Å²) in [5.74, 6) is 0.369. The number of hydrogen-bond acceptors (Lipinski definition) is 4. The maximum Gasteiger partial charge on any atom is 0.264 e. The highest BCUT2D eigenvalue weighted by Crippen LogP contribution is 2.25. The average molecular weight is 389 g/mol. The molecule has 3 rings (SSSR count). The van der Waals surface area contributed by atoms with Gasteiger partial charge in [-0.05, 0) is 35.7 Å². The van der Waals surface area contributed by atoms with E-state index < -0.39 is 10.0 Å². The van der Waals surface area contributed by atoms with E-state index in [4.69, 9.17) is 4.74 Å². The highest BCUT2D eigenvalue weighted by molar-refractivity contribution is 7.92. The molecule has 0 aliphatic carbocycles. The van der Waals surface area contributed by atoms with Crippen molar-refractivity contribution in [3.05, 3.63) is 60.2 Å². The van der Waals surface area contributed by atoms with Crippen LogP contribution in [0.2, 0.25) is 0 Å². The molecule has 0 N–H and O–H groups in total. The van der Waals surface area contributed by atoms with E-state index in [9.17, 15) is 8.42 Å². The van der Waals surface area contributed by atoms with Gasteiger partial charge in [0, 0.05) is 26.2 Å². The molecule has 1 aliphatic rings. The molecule has 0 atom stereocenters. The minimum atomic E-state index is -3.62. The molecule has 0 amide bonds. The Hall–Kier alpha value is -1.89. The van der Waals surface area contributed by atoms with E-state index in [2.05, 4.69) is 18.7 Å². The monoisotopic (exact) mass is 388 g/mol. The molecular weight excluding hydrogens is 360 g/mol.